The maximum Gasteiger partial charge on any atom is 0.306 e. The number of hydrogen-bond acceptors (Lipinski definition) is 3. The first-order valence-electron chi connectivity index (χ1n) is 8.70. The quantitative estimate of drug-likeness (QED) is 0.858. The molecule has 2 rings (SSSR count). The summed E-state index contributed by atoms with van der Waals surface area (Å²) >= 11 is 0. The van der Waals surface area contributed by atoms with Gasteiger partial charge in [-0.15, -0.1) is 0 Å². The van der Waals surface area contributed by atoms with E-state index in [1.807, 2.05) is 20.8 Å². The summed E-state index contributed by atoms with van der Waals surface area (Å²) < 4.78 is 0. The van der Waals surface area contributed by atoms with E-state index in [0.717, 1.165) is 5.56 Å². The fourth-order valence-electron chi connectivity index (χ4n) is 3.02. The Hall–Kier alpha value is -2.37. The minimum absolute atomic E-state index is 0.0343. The number of rotatable bonds is 5. The number of nitrogens with zero attached hydrogens (tertiary/aromatic N) is 1. The Morgan fingerprint density at radius 1 is 1.24 bits per heavy atom. The van der Waals surface area contributed by atoms with Crippen molar-refractivity contribution in [2.24, 2.45) is 11.8 Å². The summed E-state index contributed by atoms with van der Waals surface area (Å²) in [5.74, 6) is -0.983. The van der Waals surface area contributed by atoms with Gasteiger partial charge in [-0.2, -0.15) is 0 Å². The van der Waals surface area contributed by atoms with Gasteiger partial charge in [0.2, 0.25) is 5.91 Å². The van der Waals surface area contributed by atoms with E-state index in [4.69, 9.17) is 5.11 Å². The topological polar surface area (TPSA) is 86.7 Å². The lowest BCUT2D eigenvalue weighted by Gasteiger charge is -2.30. The molecule has 0 aromatic heterocycles. The van der Waals surface area contributed by atoms with E-state index in [0.29, 0.717) is 43.6 Å². The standard InChI is InChI=1S/C19H26N2O4/c1-12(2)10-17(22)20-16-5-4-15(11-13(16)3)18(23)21-8-6-14(7-9-21)19(24)25/h4-5,11-12,14H,6-10H2,1-3H3,(H,20,22)(H,24,25). The van der Waals surface area contributed by atoms with Gasteiger partial charge in [0, 0.05) is 30.8 Å². The van der Waals surface area contributed by atoms with Crippen LogP contribution in [-0.2, 0) is 9.59 Å². The second-order valence-electron chi connectivity index (χ2n) is 7.08. The Kier molecular flexibility index (Phi) is 6.17. The van der Waals surface area contributed by atoms with Crippen LogP contribution in [0.5, 0.6) is 0 Å². The van der Waals surface area contributed by atoms with Gasteiger partial charge in [-0.05, 0) is 49.4 Å². The van der Waals surface area contributed by atoms with Crippen LogP contribution < -0.4 is 5.32 Å². The molecule has 1 aliphatic heterocycles. The SMILES string of the molecule is Cc1cc(C(=O)N2CCC(C(=O)O)CC2)ccc1NC(=O)CC(C)C. The molecule has 0 unspecified atom stereocenters. The second-order valence-corrected chi connectivity index (χ2v) is 7.08. The number of carboxylic acid groups (broad SMARTS) is 1. The van der Waals surface area contributed by atoms with Crippen LogP contribution in [0.15, 0.2) is 18.2 Å². The smallest absolute Gasteiger partial charge is 0.306 e. The average Bonchev–Trinajstić information content (AvgIpc) is 2.55. The molecule has 1 aliphatic rings. The minimum Gasteiger partial charge on any atom is -0.481 e. The molecule has 25 heavy (non-hydrogen) atoms. The highest BCUT2D eigenvalue weighted by Crippen LogP contribution is 2.22. The number of nitrogens with one attached hydrogen (secondary N) is 1. The molecule has 136 valence electrons. The van der Waals surface area contributed by atoms with Gasteiger partial charge in [0.25, 0.3) is 5.91 Å². The van der Waals surface area contributed by atoms with Crippen LogP contribution in [0.3, 0.4) is 0 Å². The monoisotopic (exact) mass is 346 g/mol. The summed E-state index contributed by atoms with van der Waals surface area (Å²) in [6.07, 6.45) is 1.44. The highest BCUT2D eigenvalue weighted by Gasteiger charge is 2.27. The molecular formula is C19H26N2O4. The molecule has 0 aliphatic carbocycles. The van der Waals surface area contributed by atoms with Gasteiger partial charge in [0.05, 0.1) is 5.92 Å². The largest absolute Gasteiger partial charge is 0.481 e. The maximum absolute atomic E-state index is 12.6. The highest BCUT2D eigenvalue weighted by atomic mass is 16.4. The van der Waals surface area contributed by atoms with Gasteiger partial charge in [-0.1, -0.05) is 13.8 Å². The van der Waals surface area contributed by atoms with Gasteiger partial charge < -0.3 is 15.3 Å². The first-order valence-corrected chi connectivity index (χ1v) is 8.70. The van der Waals surface area contributed by atoms with Crippen molar-refractivity contribution in [1.29, 1.82) is 0 Å². The number of benzene rings is 1. The second kappa shape index (κ2) is 8.14. The Bertz CT molecular complexity index is 661. The van der Waals surface area contributed by atoms with Crippen LogP contribution >= 0.6 is 0 Å². The fraction of sp³-hybridized carbons (Fsp3) is 0.526. The van der Waals surface area contributed by atoms with Crippen molar-refractivity contribution in [2.45, 2.75) is 40.0 Å². The first kappa shape index (κ1) is 19.0. The average molecular weight is 346 g/mol. The van der Waals surface area contributed by atoms with Crippen molar-refractivity contribution in [3.63, 3.8) is 0 Å². The molecule has 0 bridgehead atoms. The number of aryl methyl sites for hydroxylation is 1. The van der Waals surface area contributed by atoms with Crippen LogP contribution in [0.25, 0.3) is 0 Å². The van der Waals surface area contributed by atoms with Crippen molar-refractivity contribution >= 4 is 23.5 Å². The number of carbonyl (C=O) groups excluding carboxylic acids is 2. The predicted octanol–water partition coefficient (Wildman–Crippen LogP) is 2.92. The van der Waals surface area contributed by atoms with Crippen LogP contribution in [-0.4, -0.2) is 40.9 Å². The molecule has 0 saturated carbocycles. The Morgan fingerprint density at radius 3 is 2.40 bits per heavy atom. The molecule has 2 N–H and O–H groups in total. The van der Waals surface area contributed by atoms with Crippen molar-refractivity contribution in [2.75, 3.05) is 18.4 Å². The summed E-state index contributed by atoms with van der Waals surface area (Å²) in [5.41, 5.74) is 2.11. The molecule has 1 saturated heterocycles. The molecule has 1 fully saturated rings. The van der Waals surface area contributed by atoms with E-state index in [1.165, 1.54) is 0 Å². The van der Waals surface area contributed by atoms with E-state index >= 15 is 0 Å². The van der Waals surface area contributed by atoms with Gasteiger partial charge in [0.15, 0.2) is 0 Å². The van der Waals surface area contributed by atoms with Crippen LogP contribution in [0.1, 0.15) is 49.0 Å². The van der Waals surface area contributed by atoms with Crippen molar-refractivity contribution in [1.82, 2.24) is 4.90 Å². The highest BCUT2D eigenvalue weighted by molar-refractivity contribution is 5.96. The summed E-state index contributed by atoms with van der Waals surface area (Å²) in [6.45, 7) is 6.76. The summed E-state index contributed by atoms with van der Waals surface area (Å²) in [6, 6.07) is 5.24. The number of amides is 2. The van der Waals surface area contributed by atoms with Crippen LogP contribution in [0, 0.1) is 18.8 Å². The zero-order chi connectivity index (χ0) is 18.6. The van der Waals surface area contributed by atoms with E-state index < -0.39 is 5.97 Å². The lowest BCUT2D eigenvalue weighted by atomic mass is 9.96. The van der Waals surface area contributed by atoms with Gasteiger partial charge >= 0.3 is 5.97 Å². The molecule has 1 aromatic rings. The summed E-state index contributed by atoms with van der Waals surface area (Å²) in [7, 11) is 0. The zero-order valence-corrected chi connectivity index (χ0v) is 15.0. The predicted molar refractivity (Wildman–Crippen MR) is 95.5 cm³/mol. The number of likely N-dealkylation sites (tertiary alicyclic amines) is 1. The van der Waals surface area contributed by atoms with E-state index in [1.54, 1.807) is 23.1 Å². The summed E-state index contributed by atoms with van der Waals surface area (Å²) in [4.78, 5) is 37.2. The van der Waals surface area contributed by atoms with Gasteiger partial charge in [-0.25, -0.2) is 0 Å². The molecule has 1 heterocycles. The lowest BCUT2D eigenvalue weighted by molar-refractivity contribution is -0.143. The molecule has 0 radical (unpaired) electrons. The molecule has 0 atom stereocenters. The van der Waals surface area contributed by atoms with Gasteiger partial charge in [0.1, 0.15) is 0 Å². The lowest BCUT2D eigenvalue weighted by Crippen LogP contribution is -2.40. The summed E-state index contributed by atoms with van der Waals surface area (Å²) in [5, 5.41) is 11.9. The number of hydrogen-bond donors (Lipinski definition) is 2. The third-order valence-corrected chi connectivity index (χ3v) is 4.47. The van der Waals surface area contributed by atoms with Crippen molar-refractivity contribution in [3.05, 3.63) is 29.3 Å². The van der Waals surface area contributed by atoms with E-state index in [-0.39, 0.29) is 23.7 Å². The number of aliphatic carboxylic acids is 1. The van der Waals surface area contributed by atoms with Crippen LogP contribution in [0.4, 0.5) is 5.69 Å². The normalized spacial score (nSPS) is 15.3. The molecule has 0 spiro atoms. The van der Waals surface area contributed by atoms with Gasteiger partial charge in [-0.3, -0.25) is 14.4 Å². The van der Waals surface area contributed by atoms with E-state index in [2.05, 4.69) is 5.32 Å². The Labute approximate surface area is 148 Å². The van der Waals surface area contributed by atoms with Crippen molar-refractivity contribution < 1.29 is 19.5 Å². The Balaban J connectivity index is 2.01. The Morgan fingerprint density at radius 2 is 1.88 bits per heavy atom. The maximum atomic E-state index is 12.6. The number of anilines is 1. The number of piperidine rings is 1. The van der Waals surface area contributed by atoms with Crippen molar-refractivity contribution in [3.8, 4) is 0 Å². The molecular weight excluding hydrogens is 320 g/mol. The van der Waals surface area contributed by atoms with Crippen LogP contribution in [0.2, 0.25) is 0 Å². The number of carboxylic acids is 1. The fourth-order valence-corrected chi connectivity index (χ4v) is 3.02. The minimum atomic E-state index is -0.788. The molecule has 6 nitrogen and oxygen atoms in total. The van der Waals surface area contributed by atoms with E-state index in [9.17, 15) is 14.4 Å². The molecule has 1 aromatic carbocycles. The third-order valence-electron chi connectivity index (χ3n) is 4.47. The first-order chi connectivity index (χ1) is 11.8. The number of carbonyl (C=O) groups is 3. The molecule has 6 heteroatoms. The molecule has 2 amide bonds. The zero-order valence-electron chi connectivity index (χ0n) is 15.0. The third kappa shape index (κ3) is 5.05.